The number of likely N-dealkylation sites (N-methyl/N-ethyl adjacent to an activating group) is 1. The van der Waals surface area contributed by atoms with Crippen LogP contribution in [0, 0.1) is 0 Å². The van der Waals surface area contributed by atoms with Gasteiger partial charge in [-0.05, 0) is 62.7 Å². The minimum atomic E-state index is -0.304. The number of carbonyl (C=O) groups is 1. The molecule has 2 unspecified atom stereocenters. The lowest BCUT2D eigenvalue weighted by Gasteiger charge is -2.36. The van der Waals surface area contributed by atoms with Crippen LogP contribution in [0.3, 0.4) is 0 Å². The number of benzene rings is 1. The standard InChI is InChI=1S/C26H29N7O2/c1-32-13-10-22-23(16-32)30-24(31-25(22)33-14-20-6-7-21(15-33)35-20)17-2-4-18(5-3-17)28-26(34)29-19-8-11-27-12-9-19/h2-5,8-9,11-12,20-21H,6-7,10,13-16H2,1H3,(H2,27,28,29,34). The van der Waals surface area contributed by atoms with E-state index in [9.17, 15) is 4.79 Å². The molecule has 0 spiro atoms. The smallest absolute Gasteiger partial charge is 0.323 e. The van der Waals surface area contributed by atoms with Gasteiger partial charge in [-0.2, -0.15) is 0 Å². The van der Waals surface area contributed by atoms with Crippen LogP contribution < -0.4 is 15.5 Å². The van der Waals surface area contributed by atoms with Crippen molar-refractivity contribution in [2.45, 2.75) is 38.0 Å². The van der Waals surface area contributed by atoms with Gasteiger partial charge in [-0.3, -0.25) is 4.98 Å². The van der Waals surface area contributed by atoms with Gasteiger partial charge in [0.2, 0.25) is 0 Å². The van der Waals surface area contributed by atoms with Crippen molar-refractivity contribution in [2.75, 3.05) is 42.2 Å². The van der Waals surface area contributed by atoms with E-state index in [4.69, 9.17) is 14.7 Å². The van der Waals surface area contributed by atoms with Gasteiger partial charge in [-0.15, -0.1) is 0 Å². The average molecular weight is 472 g/mol. The second kappa shape index (κ2) is 9.24. The number of urea groups is 1. The van der Waals surface area contributed by atoms with Crippen molar-refractivity contribution < 1.29 is 9.53 Å². The number of anilines is 3. The molecule has 2 amide bonds. The highest BCUT2D eigenvalue weighted by Crippen LogP contribution is 2.34. The van der Waals surface area contributed by atoms with Crippen molar-refractivity contribution in [1.82, 2.24) is 19.9 Å². The fraction of sp³-hybridized carbons (Fsp3) is 0.385. The lowest BCUT2D eigenvalue weighted by molar-refractivity contribution is 0.0301. The minimum Gasteiger partial charge on any atom is -0.371 e. The molecule has 2 fully saturated rings. The second-order valence-electron chi connectivity index (χ2n) is 9.54. The van der Waals surface area contributed by atoms with E-state index in [1.54, 1.807) is 24.5 Å². The summed E-state index contributed by atoms with van der Waals surface area (Å²) in [5.41, 5.74) is 4.70. The number of nitrogens with zero attached hydrogens (tertiary/aromatic N) is 5. The summed E-state index contributed by atoms with van der Waals surface area (Å²) in [5.74, 6) is 1.79. The van der Waals surface area contributed by atoms with Crippen molar-refractivity contribution in [1.29, 1.82) is 0 Å². The molecule has 180 valence electrons. The van der Waals surface area contributed by atoms with Gasteiger partial charge in [0.1, 0.15) is 5.82 Å². The van der Waals surface area contributed by atoms with E-state index < -0.39 is 0 Å². The van der Waals surface area contributed by atoms with E-state index in [0.717, 1.165) is 68.3 Å². The van der Waals surface area contributed by atoms with Crippen LogP contribution in [-0.4, -0.2) is 64.8 Å². The number of rotatable bonds is 4. The molecule has 2 aromatic heterocycles. The SMILES string of the molecule is CN1CCc2c(nc(-c3ccc(NC(=O)Nc4ccncc4)cc3)nc2N2CC3CCC(C2)O3)C1. The topological polar surface area (TPSA) is 95.5 Å². The zero-order valence-corrected chi connectivity index (χ0v) is 19.8. The van der Waals surface area contributed by atoms with Gasteiger partial charge in [0.05, 0.1) is 17.9 Å². The predicted molar refractivity (Wildman–Crippen MR) is 134 cm³/mol. The average Bonchev–Trinajstić information content (AvgIpc) is 3.21. The van der Waals surface area contributed by atoms with Gasteiger partial charge in [0, 0.05) is 61.1 Å². The summed E-state index contributed by atoms with van der Waals surface area (Å²) in [5, 5.41) is 5.66. The highest BCUT2D eigenvalue weighted by atomic mass is 16.5. The summed E-state index contributed by atoms with van der Waals surface area (Å²) in [4.78, 5) is 31.1. The lowest BCUT2D eigenvalue weighted by Crippen LogP contribution is -2.44. The molecular formula is C26H29N7O2. The molecule has 1 aromatic carbocycles. The van der Waals surface area contributed by atoms with Gasteiger partial charge in [-0.1, -0.05) is 0 Å². The van der Waals surface area contributed by atoms with Crippen LogP contribution in [0.15, 0.2) is 48.8 Å². The third-order valence-corrected chi connectivity index (χ3v) is 6.92. The van der Waals surface area contributed by atoms with Crippen LogP contribution in [0.2, 0.25) is 0 Å². The molecule has 0 saturated carbocycles. The number of aromatic nitrogens is 3. The number of fused-ring (bicyclic) bond motifs is 3. The maximum absolute atomic E-state index is 12.3. The number of amides is 2. The molecule has 3 aliphatic heterocycles. The number of nitrogens with one attached hydrogen (secondary N) is 2. The van der Waals surface area contributed by atoms with Gasteiger partial charge in [0.25, 0.3) is 0 Å². The zero-order chi connectivity index (χ0) is 23.8. The van der Waals surface area contributed by atoms with Crippen LogP contribution in [0.1, 0.15) is 24.1 Å². The number of pyridine rings is 1. The fourth-order valence-corrected chi connectivity index (χ4v) is 5.15. The molecule has 3 aliphatic rings. The molecule has 2 N–H and O–H groups in total. The Bertz CT molecular complexity index is 1210. The van der Waals surface area contributed by atoms with E-state index in [1.165, 1.54) is 5.56 Å². The molecule has 2 saturated heterocycles. The summed E-state index contributed by atoms with van der Waals surface area (Å²) >= 11 is 0. The van der Waals surface area contributed by atoms with Crippen molar-refractivity contribution >= 4 is 23.2 Å². The third-order valence-electron chi connectivity index (χ3n) is 6.92. The number of carbonyl (C=O) groups excluding carboxylic acids is 1. The van der Waals surface area contributed by atoms with Crippen LogP contribution in [0.25, 0.3) is 11.4 Å². The molecule has 6 rings (SSSR count). The van der Waals surface area contributed by atoms with E-state index in [0.29, 0.717) is 23.6 Å². The molecule has 2 bridgehead atoms. The highest BCUT2D eigenvalue weighted by molar-refractivity contribution is 5.99. The van der Waals surface area contributed by atoms with Crippen LogP contribution >= 0.6 is 0 Å². The van der Waals surface area contributed by atoms with Crippen molar-refractivity contribution in [3.8, 4) is 11.4 Å². The molecule has 35 heavy (non-hydrogen) atoms. The lowest BCUT2D eigenvalue weighted by atomic mass is 10.0. The largest absolute Gasteiger partial charge is 0.371 e. The molecule has 3 aromatic rings. The molecular weight excluding hydrogens is 442 g/mol. The van der Waals surface area contributed by atoms with Crippen LogP contribution in [0.4, 0.5) is 22.0 Å². The Morgan fingerprint density at radius 2 is 1.66 bits per heavy atom. The van der Waals surface area contributed by atoms with E-state index in [2.05, 4.69) is 32.5 Å². The molecule has 9 nitrogen and oxygen atoms in total. The Balaban J connectivity index is 1.24. The Morgan fingerprint density at radius 3 is 2.37 bits per heavy atom. The quantitative estimate of drug-likeness (QED) is 0.601. The van der Waals surface area contributed by atoms with Crippen molar-refractivity contribution in [3.63, 3.8) is 0 Å². The Morgan fingerprint density at radius 1 is 0.971 bits per heavy atom. The number of hydrogen-bond donors (Lipinski definition) is 2. The summed E-state index contributed by atoms with van der Waals surface area (Å²) in [6, 6.07) is 10.9. The van der Waals surface area contributed by atoms with Crippen LogP contribution in [-0.2, 0) is 17.7 Å². The van der Waals surface area contributed by atoms with Crippen molar-refractivity contribution in [3.05, 3.63) is 60.0 Å². The molecule has 0 aliphatic carbocycles. The van der Waals surface area contributed by atoms with Gasteiger partial charge in [0.15, 0.2) is 5.82 Å². The Kier molecular flexibility index (Phi) is 5.79. The predicted octanol–water partition coefficient (Wildman–Crippen LogP) is 3.54. The van der Waals surface area contributed by atoms with E-state index in [1.807, 2.05) is 24.3 Å². The summed E-state index contributed by atoms with van der Waals surface area (Å²) in [7, 11) is 2.14. The zero-order valence-electron chi connectivity index (χ0n) is 19.8. The number of ether oxygens (including phenoxy) is 1. The van der Waals surface area contributed by atoms with Gasteiger partial charge < -0.3 is 25.2 Å². The first-order valence-corrected chi connectivity index (χ1v) is 12.2. The summed E-state index contributed by atoms with van der Waals surface area (Å²) in [6.45, 7) is 3.63. The Labute approximate surface area is 204 Å². The first-order valence-electron chi connectivity index (χ1n) is 12.2. The normalized spacial score (nSPS) is 21.5. The number of morpholine rings is 1. The molecule has 5 heterocycles. The number of hydrogen-bond acceptors (Lipinski definition) is 7. The first kappa shape index (κ1) is 21.9. The molecule has 9 heteroatoms. The summed E-state index contributed by atoms with van der Waals surface area (Å²) in [6.07, 6.45) is 7.10. The second-order valence-corrected chi connectivity index (χ2v) is 9.54. The van der Waals surface area contributed by atoms with E-state index >= 15 is 0 Å². The molecule has 0 radical (unpaired) electrons. The maximum atomic E-state index is 12.3. The molecule has 2 atom stereocenters. The van der Waals surface area contributed by atoms with E-state index in [-0.39, 0.29) is 6.03 Å². The maximum Gasteiger partial charge on any atom is 0.323 e. The van der Waals surface area contributed by atoms with Crippen LogP contribution in [0.5, 0.6) is 0 Å². The van der Waals surface area contributed by atoms with Gasteiger partial charge >= 0.3 is 6.03 Å². The Hall–Kier alpha value is -3.56. The highest BCUT2D eigenvalue weighted by Gasteiger charge is 2.36. The monoisotopic (exact) mass is 471 g/mol. The first-order chi connectivity index (χ1) is 17.1. The minimum absolute atomic E-state index is 0.303. The fourth-order valence-electron chi connectivity index (χ4n) is 5.15. The third kappa shape index (κ3) is 4.69. The van der Waals surface area contributed by atoms with Crippen molar-refractivity contribution in [2.24, 2.45) is 0 Å². The van der Waals surface area contributed by atoms with Gasteiger partial charge in [-0.25, -0.2) is 14.8 Å². The summed E-state index contributed by atoms with van der Waals surface area (Å²) < 4.78 is 6.07.